The van der Waals surface area contributed by atoms with Gasteiger partial charge in [-0.3, -0.25) is 19.5 Å². The van der Waals surface area contributed by atoms with Gasteiger partial charge in [0.15, 0.2) is 11.5 Å². The lowest BCUT2D eigenvalue weighted by molar-refractivity contribution is -0.129. The molecule has 2 aliphatic rings. The normalized spacial score (nSPS) is 18.0. The van der Waals surface area contributed by atoms with Crippen LogP contribution < -0.4 is 4.74 Å². The van der Waals surface area contributed by atoms with E-state index in [0.717, 1.165) is 25.2 Å². The highest BCUT2D eigenvalue weighted by Crippen LogP contribution is 2.39. The van der Waals surface area contributed by atoms with Crippen LogP contribution in [0.1, 0.15) is 39.5 Å². The molecule has 2 aliphatic heterocycles. The maximum Gasteiger partial charge on any atom is 0.290 e. The standard InChI is InChI=1S/C31H33N3O5/c1-22-19-25(39-21-23-7-3-2-4-8-23)10-11-26(22)29(35)27-28(24-9-5-12-32-20-24)34(31(37)30(27)36)14-6-13-33-15-17-38-18-16-33/h2-5,7-12,19-20,28,36H,6,13-18,21H2,1H3. The van der Waals surface area contributed by atoms with Gasteiger partial charge in [-0.05, 0) is 54.3 Å². The molecule has 1 fully saturated rings. The molecular weight excluding hydrogens is 494 g/mol. The molecule has 0 saturated carbocycles. The van der Waals surface area contributed by atoms with E-state index in [4.69, 9.17) is 9.47 Å². The average molecular weight is 528 g/mol. The first-order chi connectivity index (χ1) is 19.0. The molecule has 5 rings (SSSR count). The summed E-state index contributed by atoms with van der Waals surface area (Å²) in [5, 5.41) is 11.0. The van der Waals surface area contributed by atoms with Crippen molar-refractivity contribution in [2.45, 2.75) is 26.0 Å². The Balaban J connectivity index is 1.36. The van der Waals surface area contributed by atoms with Gasteiger partial charge >= 0.3 is 0 Å². The van der Waals surface area contributed by atoms with Crippen molar-refractivity contribution < 1.29 is 24.2 Å². The number of hydrogen-bond donors (Lipinski definition) is 1. The molecule has 3 aromatic rings. The van der Waals surface area contributed by atoms with Gasteiger partial charge in [0.2, 0.25) is 0 Å². The summed E-state index contributed by atoms with van der Waals surface area (Å²) in [7, 11) is 0. The Hall–Kier alpha value is -4.01. The minimum Gasteiger partial charge on any atom is -0.503 e. The Morgan fingerprint density at radius 2 is 1.87 bits per heavy atom. The third-order valence-electron chi connectivity index (χ3n) is 7.22. The van der Waals surface area contributed by atoms with Crippen LogP contribution in [0.2, 0.25) is 0 Å². The van der Waals surface area contributed by atoms with Gasteiger partial charge in [-0.15, -0.1) is 0 Å². The summed E-state index contributed by atoms with van der Waals surface area (Å²) in [4.78, 5) is 35.3. The highest BCUT2D eigenvalue weighted by molar-refractivity contribution is 6.16. The number of ether oxygens (including phenoxy) is 2. The highest BCUT2D eigenvalue weighted by Gasteiger charge is 2.43. The third kappa shape index (κ3) is 6.02. The van der Waals surface area contributed by atoms with Gasteiger partial charge < -0.3 is 19.5 Å². The van der Waals surface area contributed by atoms with Gasteiger partial charge in [-0.2, -0.15) is 0 Å². The molecule has 0 aliphatic carbocycles. The number of Topliss-reactive ketones (excluding diaryl/α,β-unsaturated/α-hetero) is 1. The Bertz CT molecular complexity index is 1340. The van der Waals surface area contributed by atoms with Gasteiger partial charge in [0, 0.05) is 44.1 Å². The van der Waals surface area contributed by atoms with E-state index in [1.54, 1.807) is 35.5 Å². The molecule has 39 heavy (non-hydrogen) atoms. The number of nitrogens with zero attached hydrogens (tertiary/aromatic N) is 3. The molecule has 8 nitrogen and oxygen atoms in total. The largest absolute Gasteiger partial charge is 0.503 e. The predicted octanol–water partition coefficient (Wildman–Crippen LogP) is 4.27. The van der Waals surface area contributed by atoms with E-state index in [-0.39, 0.29) is 11.4 Å². The van der Waals surface area contributed by atoms with E-state index in [9.17, 15) is 14.7 Å². The molecule has 1 unspecified atom stereocenters. The van der Waals surface area contributed by atoms with Crippen LogP contribution in [0.5, 0.6) is 5.75 Å². The van der Waals surface area contributed by atoms with Gasteiger partial charge in [0.25, 0.3) is 5.91 Å². The number of amides is 1. The number of rotatable bonds is 10. The molecule has 1 amide bonds. The second-order valence-corrected chi connectivity index (χ2v) is 9.84. The average Bonchev–Trinajstić information content (AvgIpc) is 3.22. The monoisotopic (exact) mass is 527 g/mol. The van der Waals surface area contributed by atoms with Crippen LogP contribution >= 0.6 is 0 Å². The lowest BCUT2D eigenvalue weighted by Crippen LogP contribution is -2.39. The molecule has 3 heterocycles. The first kappa shape index (κ1) is 26.6. The first-order valence-electron chi connectivity index (χ1n) is 13.3. The highest BCUT2D eigenvalue weighted by atomic mass is 16.5. The number of benzene rings is 2. The number of ketones is 1. The quantitative estimate of drug-likeness (QED) is 0.394. The smallest absolute Gasteiger partial charge is 0.290 e. The van der Waals surface area contributed by atoms with Crippen LogP contribution in [-0.4, -0.2) is 71.0 Å². The molecule has 1 atom stereocenters. The summed E-state index contributed by atoms with van der Waals surface area (Å²) in [5.41, 5.74) is 2.93. The molecule has 2 aromatic carbocycles. The zero-order valence-electron chi connectivity index (χ0n) is 22.1. The number of morpholine rings is 1. The Kier molecular flexibility index (Phi) is 8.34. The molecular formula is C31H33N3O5. The second kappa shape index (κ2) is 12.2. The molecule has 202 valence electrons. The van der Waals surface area contributed by atoms with Crippen molar-refractivity contribution in [1.82, 2.24) is 14.8 Å². The van der Waals surface area contributed by atoms with Crippen LogP contribution in [0.25, 0.3) is 0 Å². The summed E-state index contributed by atoms with van der Waals surface area (Å²) >= 11 is 0. The van der Waals surface area contributed by atoms with Crippen molar-refractivity contribution in [1.29, 1.82) is 0 Å². The second-order valence-electron chi connectivity index (χ2n) is 9.84. The van der Waals surface area contributed by atoms with Crippen LogP contribution in [-0.2, 0) is 16.1 Å². The number of carbonyl (C=O) groups excluding carboxylic acids is 2. The van der Waals surface area contributed by atoms with Crippen LogP contribution in [0.4, 0.5) is 0 Å². The minimum absolute atomic E-state index is 0.0837. The van der Waals surface area contributed by atoms with Gasteiger partial charge in [0.1, 0.15) is 12.4 Å². The molecule has 1 aromatic heterocycles. The zero-order chi connectivity index (χ0) is 27.2. The number of aliphatic hydroxyl groups is 1. The van der Waals surface area contributed by atoms with E-state index < -0.39 is 17.7 Å². The lowest BCUT2D eigenvalue weighted by atomic mass is 9.91. The van der Waals surface area contributed by atoms with E-state index in [1.807, 2.05) is 49.4 Å². The third-order valence-corrected chi connectivity index (χ3v) is 7.22. The Morgan fingerprint density at radius 1 is 1.08 bits per heavy atom. The molecule has 8 heteroatoms. The van der Waals surface area contributed by atoms with E-state index in [0.29, 0.717) is 55.2 Å². The lowest BCUT2D eigenvalue weighted by Gasteiger charge is -2.30. The van der Waals surface area contributed by atoms with Crippen molar-refractivity contribution in [3.63, 3.8) is 0 Å². The van der Waals surface area contributed by atoms with Crippen molar-refractivity contribution in [3.8, 4) is 5.75 Å². The fourth-order valence-corrected chi connectivity index (χ4v) is 5.16. The number of carbonyl (C=O) groups is 2. The first-order valence-corrected chi connectivity index (χ1v) is 13.3. The Labute approximate surface area is 228 Å². The van der Waals surface area contributed by atoms with Crippen molar-refractivity contribution >= 4 is 11.7 Å². The van der Waals surface area contributed by atoms with Crippen molar-refractivity contribution in [2.24, 2.45) is 0 Å². The fraction of sp³-hybridized carbons (Fsp3) is 0.323. The maximum absolute atomic E-state index is 13.9. The number of aromatic nitrogens is 1. The summed E-state index contributed by atoms with van der Waals surface area (Å²) in [6, 6.07) is 18.0. The zero-order valence-corrected chi connectivity index (χ0v) is 22.1. The van der Waals surface area contributed by atoms with Crippen molar-refractivity contribution in [3.05, 3.63) is 107 Å². The molecule has 1 saturated heterocycles. The maximum atomic E-state index is 13.9. The summed E-state index contributed by atoms with van der Waals surface area (Å²) in [6.07, 6.45) is 4.00. The number of aryl methyl sites for hydroxylation is 1. The van der Waals surface area contributed by atoms with E-state index in [2.05, 4.69) is 9.88 Å². The van der Waals surface area contributed by atoms with E-state index >= 15 is 0 Å². The van der Waals surface area contributed by atoms with E-state index in [1.165, 1.54) is 0 Å². The summed E-state index contributed by atoms with van der Waals surface area (Å²) < 4.78 is 11.3. The van der Waals surface area contributed by atoms with Gasteiger partial charge in [-0.1, -0.05) is 36.4 Å². The summed E-state index contributed by atoms with van der Waals surface area (Å²) in [5.74, 6) is -0.765. The summed E-state index contributed by atoms with van der Waals surface area (Å²) in [6.45, 7) is 6.58. The van der Waals surface area contributed by atoms with Crippen LogP contribution in [0.3, 0.4) is 0 Å². The molecule has 1 N–H and O–H groups in total. The minimum atomic E-state index is -0.711. The topological polar surface area (TPSA) is 92.2 Å². The SMILES string of the molecule is Cc1cc(OCc2ccccc2)ccc1C(=O)C1=C(O)C(=O)N(CCCN2CCOCC2)C1c1cccnc1. The number of aliphatic hydroxyl groups excluding tert-OH is 1. The van der Waals surface area contributed by atoms with Crippen molar-refractivity contribution in [2.75, 3.05) is 39.4 Å². The molecule has 0 spiro atoms. The van der Waals surface area contributed by atoms with Crippen LogP contribution in [0.15, 0.2) is 84.4 Å². The number of pyridine rings is 1. The van der Waals surface area contributed by atoms with Gasteiger partial charge in [-0.25, -0.2) is 0 Å². The molecule has 0 radical (unpaired) electrons. The molecule has 0 bridgehead atoms. The Morgan fingerprint density at radius 3 is 2.59 bits per heavy atom. The fourth-order valence-electron chi connectivity index (χ4n) is 5.16. The van der Waals surface area contributed by atoms with Crippen LogP contribution in [0, 0.1) is 6.92 Å². The predicted molar refractivity (Wildman–Crippen MR) is 147 cm³/mol. The van der Waals surface area contributed by atoms with Gasteiger partial charge in [0.05, 0.1) is 24.8 Å². The number of hydrogen-bond acceptors (Lipinski definition) is 7.